The summed E-state index contributed by atoms with van der Waals surface area (Å²) in [7, 11) is 0. The van der Waals surface area contributed by atoms with Crippen LogP contribution in [0.3, 0.4) is 0 Å². The summed E-state index contributed by atoms with van der Waals surface area (Å²) in [6.07, 6.45) is 0. The predicted molar refractivity (Wildman–Crippen MR) is 113 cm³/mol. The Balaban J connectivity index is 2.02. The van der Waals surface area contributed by atoms with E-state index in [2.05, 4.69) is 31.9 Å². The zero-order chi connectivity index (χ0) is 18.6. The quantitative estimate of drug-likeness (QED) is 0.565. The first kappa shape index (κ1) is 18.2. The van der Waals surface area contributed by atoms with Crippen molar-refractivity contribution >= 4 is 77.7 Å². The van der Waals surface area contributed by atoms with Crippen LogP contribution in [-0.4, -0.2) is 34.7 Å². The summed E-state index contributed by atoms with van der Waals surface area (Å²) < 4.78 is 1.95. The second kappa shape index (κ2) is 6.74. The third-order valence-corrected chi connectivity index (χ3v) is 7.69. The zero-order valence-electron chi connectivity index (χ0n) is 14.0. The van der Waals surface area contributed by atoms with E-state index in [4.69, 9.17) is 0 Å². The van der Waals surface area contributed by atoms with Gasteiger partial charge in [0.2, 0.25) is 0 Å². The lowest BCUT2D eigenvalue weighted by Crippen LogP contribution is -2.29. The Kier molecular flexibility index (Phi) is 4.71. The molecule has 4 rings (SSSR count). The molecule has 0 saturated heterocycles. The minimum absolute atomic E-state index is 0.0918. The van der Waals surface area contributed by atoms with Gasteiger partial charge in [-0.05, 0) is 70.0 Å². The molecule has 0 aromatic carbocycles. The molecular weight excluding hydrogens is 500 g/mol. The van der Waals surface area contributed by atoms with Crippen molar-refractivity contribution in [2.45, 2.75) is 13.8 Å². The lowest BCUT2D eigenvalue weighted by molar-refractivity contribution is -0.124. The molecule has 0 aliphatic carbocycles. The first-order valence-corrected chi connectivity index (χ1v) is 11.3. The standard InChI is InChI=1S/C18H14Br2N2O2S2/c1-3-21-15(9-5-7-11(19)25-9)13-14(17(21)23)16(22(4-2)18(13)24)10-6-8-12(20)26-10/h5-8H,3-4H2,1-2H3. The van der Waals surface area contributed by atoms with E-state index in [9.17, 15) is 9.59 Å². The van der Waals surface area contributed by atoms with Crippen molar-refractivity contribution in [3.8, 4) is 0 Å². The lowest BCUT2D eigenvalue weighted by Gasteiger charge is -2.22. The topological polar surface area (TPSA) is 40.6 Å². The van der Waals surface area contributed by atoms with Crippen molar-refractivity contribution in [3.05, 3.63) is 52.7 Å². The molecule has 0 fully saturated rings. The minimum atomic E-state index is -0.0918. The number of amides is 2. The van der Waals surface area contributed by atoms with E-state index in [0.717, 1.165) is 28.7 Å². The highest BCUT2D eigenvalue weighted by Crippen LogP contribution is 2.48. The Morgan fingerprint density at radius 1 is 0.769 bits per heavy atom. The molecule has 26 heavy (non-hydrogen) atoms. The van der Waals surface area contributed by atoms with Crippen LogP contribution in [0, 0.1) is 0 Å². The van der Waals surface area contributed by atoms with Gasteiger partial charge in [0.15, 0.2) is 0 Å². The van der Waals surface area contributed by atoms with Crippen LogP contribution in [0.4, 0.5) is 0 Å². The van der Waals surface area contributed by atoms with Crippen molar-refractivity contribution in [3.63, 3.8) is 0 Å². The molecule has 4 heterocycles. The van der Waals surface area contributed by atoms with E-state index in [1.807, 2.05) is 38.1 Å². The highest BCUT2D eigenvalue weighted by Gasteiger charge is 2.48. The van der Waals surface area contributed by atoms with Gasteiger partial charge >= 0.3 is 0 Å². The van der Waals surface area contributed by atoms with Gasteiger partial charge in [0.1, 0.15) is 0 Å². The van der Waals surface area contributed by atoms with Gasteiger partial charge in [-0.15, -0.1) is 22.7 Å². The molecule has 0 radical (unpaired) electrons. The maximum absolute atomic E-state index is 13.2. The fourth-order valence-corrected chi connectivity index (χ4v) is 6.29. The summed E-state index contributed by atoms with van der Waals surface area (Å²) in [5.74, 6) is -0.184. The first-order valence-electron chi connectivity index (χ1n) is 8.12. The number of nitrogens with zero attached hydrogens (tertiary/aromatic N) is 2. The van der Waals surface area contributed by atoms with Gasteiger partial charge < -0.3 is 9.80 Å². The average molecular weight is 514 g/mol. The summed E-state index contributed by atoms with van der Waals surface area (Å²) in [6.45, 7) is 4.92. The van der Waals surface area contributed by atoms with Crippen LogP contribution in [-0.2, 0) is 9.59 Å². The minimum Gasteiger partial charge on any atom is -0.306 e. The molecule has 2 aliphatic heterocycles. The van der Waals surface area contributed by atoms with E-state index in [-0.39, 0.29) is 11.8 Å². The maximum Gasteiger partial charge on any atom is 0.261 e. The fraction of sp³-hybridized carbons (Fsp3) is 0.222. The van der Waals surface area contributed by atoms with E-state index in [1.54, 1.807) is 9.80 Å². The molecule has 0 unspecified atom stereocenters. The van der Waals surface area contributed by atoms with Gasteiger partial charge in [-0.3, -0.25) is 9.59 Å². The van der Waals surface area contributed by atoms with E-state index >= 15 is 0 Å². The molecule has 2 aliphatic rings. The monoisotopic (exact) mass is 512 g/mol. The Hall–Kier alpha value is -1.22. The Morgan fingerprint density at radius 3 is 1.42 bits per heavy atom. The van der Waals surface area contributed by atoms with Gasteiger partial charge in [0, 0.05) is 13.1 Å². The van der Waals surface area contributed by atoms with Crippen LogP contribution >= 0.6 is 54.5 Å². The molecular formula is C18H14Br2N2O2S2. The molecule has 2 amide bonds. The number of fused-ring (bicyclic) bond motifs is 1. The van der Waals surface area contributed by atoms with Crippen molar-refractivity contribution in [1.82, 2.24) is 9.80 Å². The van der Waals surface area contributed by atoms with Crippen LogP contribution in [0.2, 0.25) is 0 Å². The number of halogens is 2. The second-order valence-corrected chi connectivity index (χ2v) is 10.7. The van der Waals surface area contributed by atoms with Gasteiger partial charge in [-0.2, -0.15) is 0 Å². The predicted octanol–water partition coefficient (Wildman–Crippen LogP) is 5.18. The van der Waals surface area contributed by atoms with Crippen LogP contribution < -0.4 is 0 Å². The summed E-state index contributed by atoms with van der Waals surface area (Å²) in [5, 5.41) is 0. The van der Waals surface area contributed by atoms with Crippen molar-refractivity contribution < 1.29 is 9.59 Å². The molecule has 2 aromatic rings. The zero-order valence-corrected chi connectivity index (χ0v) is 18.8. The molecule has 4 nitrogen and oxygen atoms in total. The number of carbonyl (C=O) groups is 2. The maximum atomic E-state index is 13.2. The number of hydrogen-bond donors (Lipinski definition) is 0. The summed E-state index contributed by atoms with van der Waals surface area (Å²) in [4.78, 5) is 31.8. The number of rotatable bonds is 4. The number of likely N-dealkylation sites (N-methyl/N-ethyl adjacent to an activating group) is 2. The number of thiophene rings is 2. The third kappa shape index (κ3) is 2.58. The Morgan fingerprint density at radius 2 is 1.15 bits per heavy atom. The van der Waals surface area contributed by atoms with Crippen LogP contribution in [0.1, 0.15) is 23.6 Å². The largest absolute Gasteiger partial charge is 0.306 e. The molecule has 134 valence electrons. The summed E-state index contributed by atoms with van der Waals surface area (Å²) in [6, 6.07) is 7.81. The number of hydrogen-bond acceptors (Lipinski definition) is 4. The summed E-state index contributed by atoms with van der Waals surface area (Å²) in [5.41, 5.74) is 2.54. The van der Waals surface area contributed by atoms with E-state index < -0.39 is 0 Å². The van der Waals surface area contributed by atoms with E-state index in [1.165, 1.54) is 22.7 Å². The normalized spacial score (nSPS) is 17.2. The van der Waals surface area contributed by atoms with Gasteiger partial charge in [-0.1, -0.05) is 0 Å². The highest BCUT2D eigenvalue weighted by atomic mass is 79.9. The molecule has 0 atom stereocenters. The SMILES string of the molecule is CCN1C(=O)C2=C(c3ccc(Br)s3)N(CC)C(=O)C2=C1c1ccc(Br)s1. The molecule has 8 heteroatoms. The van der Waals surface area contributed by atoms with Crippen LogP contribution in [0.5, 0.6) is 0 Å². The Labute approximate surface area is 176 Å². The summed E-state index contributed by atoms with van der Waals surface area (Å²) >= 11 is 10.0. The van der Waals surface area contributed by atoms with Gasteiger partial charge in [0.25, 0.3) is 11.8 Å². The molecule has 0 saturated carbocycles. The Bertz CT molecular complexity index is 922. The van der Waals surface area contributed by atoms with Crippen molar-refractivity contribution in [1.29, 1.82) is 0 Å². The third-order valence-electron chi connectivity index (χ3n) is 4.43. The van der Waals surface area contributed by atoms with Crippen molar-refractivity contribution in [2.75, 3.05) is 13.1 Å². The molecule has 0 bridgehead atoms. The smallest absolute Gasteiger partial charge is 0.261 e. The van der Waals surface area contributed by atoms with Gasteiger partial charge in [-0.25, -0.2) is 0 Å². The van der Waals surface area contributed by atoms with Gasteiger partial charge in [0.05, 0.1) is 39.9 Å². The molecule has 0 spiro atoms. The lowest BCUT2D eigenvalue weighted by atomic mass is 10.1. The number of carbonyl (C=O) groups excluding carboxylic acids is 2. The average Bonchev–Trinajstić information content (AvgIpc) is 3.34. The first-order chi connectivity index (χ1) is 12.5. The van der Waals surface area contributed by atoms with Crippen molar-refractivity contribution in [2.24, 2.45) is 0 Å². The fourth-order valence-electron chi connectivity index (χ4n) is 3.40. The van der Waals surface area contributed by atoms with Crippen LogP contribution in [0.15, 0.2) is 43.0 Å². The van der Waals surface area contributed by atoms with E-state index in [0.29, 0.717) is 24.2 Å². The second-order valence-electron chi connectivity index (χ2n) is 5.75. The van der Waals surface area contributed by atoms with Crippen LogP contribution in [0.25, 0.3) is 11.4 Å². The highest BCUT2D eigenvalue weighted by molar-refractivity contribution is 9.11. The molecule has 2 aromatic heterocycles. The molecule has 0 N–H and O–H groups in total.